The molecule has 0 aliphatic rings. The molecule has 1 atom stereocenters. The monoisotopic (exact) mass is 130 g/mol. The highest BCUT2D eigenvalue weighted by Crippen LogP contribution is 2.01. The highest BCUT2D eigenvalue weighted by molar-refractivity contribution is 5.76. The molecule has 0 fully saturated rings. The first-order chi connectivity index (χ1) is 4.22. The summed E-state index contributed by atoms with van der Waals surface area (Å²) in [4.78, 5) is 10.5. The van der Waals surface area contributed by atoms with Gasteiger partial charge in [-0.2, -0.15) is 0 Å². The number of rotatable bonds is 4. The smallest absolute Gasteiger partial charge is 0.221 e. The third-order valence-corrected chi connectivity index (χ3v) is 1.32. The van der Waals surface area contributed by atoms with Gasteiger partial charge in [-0.25, -0.2) is 0 Å². The lowest BCUT2D eigenvalue weighted by molar-refractivity contribution is -0.121. The lowest BCUT2D eigenvalue weighted by atomic mass is 10.0. The molecular weight excluding hydrogens is 116 g/mol. The molecule has 0 heterocycles. The first-order valence-corrected chi connectivity index (χ1v) is 3.21. The summed E-state index contributed by atoms with van der Waals surface area (Å²) in [5.41, 5.74) is 10.3. The van der Waals surface area contributed by atoms with Crippen LogP contribution in [0.3, 0.4) is 0 Å². The maximum atomic E-state index is 10.5. The van der Waals surface area contributed by atoms with Crippen LogP contribution in [-0.2, 0) is 4.79 Å². The van der Waals surface area contributed by atoms with Gasteiger partial charge in [0.25, 0.3) is 0 Å². The molecule has 9 heavy (non-hydrogen) atoms. The highest BCUT2D eigenvalue weighted by atomic mass is 16.1. The van der Waals surface area contributed by atoms with Crippen LogP contribution in [0.15, 0.2) is 0 Å². The standard InChI is InChI=1S/C6H14N2O/c1-2-3-5(4-7)6(8)9/h5H,2-4,7H2,1H3,(H2,8,9). The van der Waals surface area contributed by atoms with E-state index in [2.05, 4.69) is 0 Å². The predicted molar refractivity (Wildman–Crippen MR) is 36.6 cm³/mol. The van der Waals surface area contributed by atoms with Crippen LogP contribution in [0.4, 0.5) is 0 Å². The van der Waals surface area contributed by atoms with Crippen molar-refractivity contribution in [3.8, 4) is 0 Å². The van der Waals surface area contributed by atoms with Gasteiger partial charge in [0.15, 0.2) is 0 Å². The van der Waals surface area contributed by atoms with Gasteiger partial charge in [0, 0.05) is 12.5 Å². The molecule has 0 radical (unpaired) electrons. The molecule has 0 aliphatic carbocycles. The van der Waals surface area contributed by atoms with Gasteiger partial charge >= 0.3 is 0 Å². The number of nitrogens with two attached hydrogens (primary N) is 2. The molecule has 0 aromatic heterocycles. The average Bonchev–Trinajstić information content (AvgIpc) is 1.82. The first-order valence-electron chi connectivity index (χ1n) is 3.21. The molecule has 4 N–H and O–H groups in total. The van der Waals surface area contributed by atoms with Crippen LogP contribution in [0.25, 0.3) is 0 Å². The Balaban J connectivity index is 3.54. The first kappa shape index (κ1) is 8.43. The van der Waals surface area contributed by atoms with Gasteiger partial charge in [-0.15, -0.1) is 0 Å². The highest BCUT2D eigenvalue weighted by Gasteiger charge is 2.10. The van der Waals surface area contributed by atoms with E-state index in [1.54, 1.807) is 0 Å². The Labute approximate surface area is 55.4 Å². The molecular formula is C6H14N2O. The fraction of sp³-hybridized carbons (Fsp3) is 0.833. The zero-order valence-corrected chi connectivity index (χ0v) is 5.76. The van der Waals surface area contributed by atoms with Crippen LogP contribution in [0.5, 0.6) is 0 Å². The summed E-state index contributed by atoms with van der Waals surface area (Å²) in [6.07, 6.45) is 1.77. The Bertz CT molecular complexity index is 93.1. The van der Waals surface area contributed by atoms with E-state index >= 15 is 0 Å². The van der Waals surface area contributed by atoms with Crippen molar-refractivity contribution in [1.82, 2.24) is 0 Å². The van der Waals surface area contributed by atoms with Crippen molar-refractivity contribution in [1.29, 1.82) is 0 Å². The third kappa shape index (κ3) is 3.08. The van der Waals surface area contributed by atoms with E-state index in [9.17, 15) is 4.79 Å². The molecule has 1 amide bonds. The minimum Gasteiger partial charge on any atom is -0.369 e. The maximum Gasteiger partial charge on any atom is 0.221 e. The summed E-state index contributed by atoms with van der Waals surface area (Å²) in [6, 6.07) is 0. The van der Waals surface area contributed by atoms with Crippen molar-refractivity contribution in [2.75, 3.05) is 6.54 Å². The zero-order valence-electron chi connectivity index (χ0n) is 5.76. The second-order valence-electron chi connectivity index (χ2n) is 2.12. The molecule has 0 aromatic rings. The molecule has 0 saturated heterocycles. The van der Waals surface area contributed by atoms with Crippen molar-refractivity contribution in [3.63, 3.8) is 0 Å². The second-order valence-corrected chi connectivity index (χ2v) is 2.12. The topological polar surface area (TPSA) is 69.1 Å². The quantitative estimate of drug-likeness (QED) is 0.555. The molecule has 0 spiro atoms. The summed E-state index contributed by atoms with van der Waals surface area (Å²) >= 11 is 0. The van der Waals surface area contributed by atoms with E-state index < -0.39 is 0 Å². The minimum absolute atomic E-state index is 0.116. The molecule has 1 unspecified atom stereocenters. The van der Waals surface area contributed by atoms with Gasteiger partial charge in [0.2, 0.25) is 5.91 Å². The van der Waals surface area contributed by atoms with Crippen LogP contribution < -0.4 is 11.5 Å². The Morgan fingerprint density at radius 2 is 2.22 bits per heavy atom. The Morgan fingerprint density at radius 3 is 2.33 bits per heavy atom. The average molecular weight is 130 g/mol. The molecule has 0 aliphatic heterocycles. The van der Waals surface area contributed by atoms with Gasteiger partial charge in [-0.1, -0.05) is 13.3 Å². The lowest BCUT2D eigenvalue weighted by Gasteiger charge is -2.06. The van der Waals surface area contributed by atoms with Crippen molar-refractivity contribution >= 4 is 5.91 Å². The number of carbonyl (C=O) groups is 1. The number of primary amides is 1. The largest absolute Gasteiger partial charge is 0.369 e. The Hall–Kier alpha value is -0.570. The number of hydrogen-bond donors (Lipinski definition) is 2. The van der Waals surface area contributed by atoms with E-state index in [0.29, 0.717) is 6.54 Å². The van der Waals surface area contributed by atoms with E-state index in [0.717, 1.165) is 12.8 Å². The van der Waals surface area contributed by atoms with Gasteiger partial charge in [-0.3, -0.25) is 4.79 Å². The number of hydrogen-bond acceptors (Lipinski definition) is 2. The minimum atomic E-state index is -0.278. The van der Waals surface area contributed by atoms with Gasteiger partial charge in [-0.05, 0) is 6.42 Å². The van der Waals surface area contributed by atoms with Crippen molar-refractivity contribution in [3.05, 3.63) is 0 Å². The van der Waals surface area contributed by atoms with Crippen LogP contribution >= 0.6 is 0 Å². The van der Waals surface area contributed by atoms with Crippen LogP contribution in [0, 0.1) is 5.92 Å². The van der Waals surface area contributed by atoms with Crippen molar-refractivity contribution in [2.45, 2.75) is 19.8 Å². The van der Waals surface area contributed by atoms with E-state index in [-0.39, 0.29) is 11.8 Å². The summed E-state index contributed by atoms with van der Waals surface area (Å²) < 4.78 is 0. The summed E-state index contributed by atoms with van der Waals surface area (Å²) in [5, 5.41) is 0. The number of carbonyl (C=O) groups excluding carboxylic acids is 1. The fourth-order valence-electron chi connectivity index (χ4n) is 0.725. The predicted octanol–water partition coefficient (Wildman–Crippen LogP) is -0.153. The summed E-state index contributed by atoms with van der Waals surface area (Å²) in [7, 11) is 0. The Kier molecular flexibility index (Phi) is 4.05. The molecule has 0 rings (SSSR count). The maximum absolute atomic E-state index is 10.5. The molecule has 54 valence electrons. The fourth-order valence-corrected chi connectivity index (χ4v) is 0.725. The van der Waals surface area contributed by atoms with Gasteiger partial charge < -0.3 is 11.5 Å². The third-order valence-electron chi connectivity index (χ3n) is 1.32. The number of amides is 1. The van der Waals surface area contributed by atoms with Crippen LogP contribution in [0.1, 0.15) is 19.8 Å². The van der Waals surface area contributed by atoms with Crippen LogP contribution in [0.2, 0.25) is 0 Å². The molecule has 3 heteroatoms. The van der Waals surface area contributed by atoms with E-state index in [4.69, 9.17) is 11.5 Å². The lowest BCUT2D eigenvalue weighted by Crippen LogP contribution is -2.29. The zero-order chi connectivity index (χ0) is 7.28. The second kappa shape index (κ2) is 4.32. The normalized spacial score (nSPS) is 13.1. The molecule has 0 aromatic carbocycles. The molecule has 0 saturated carbocycles. The molecule has 0 bridgehead atoms. The molecule has 3 nitrogen and oxygen atoms in total. The summed E-state index contributed by atoms with van der Waals surface area (Å²) in [6.45, 7) is 2.38. The van der Waals surface area contributed by atoms with E-state index in [1.807, 2.05) is 6.92 Å². The summed E-state index contributed by atoms with van der Waals surface area (Å²) in [5.74, 6) is -0.394. The van der Waals surface area contributed by atoms with Crippen LogP contribution in [-0.4, -0.2) is 12.5 Å². The van der Waals surface area contributed by atoms with Crippen molar-refractivity contribution in [2.24, 2.45) is 17.4 Å². The van der Waals surface area contributed by atoms with Gasteiger partial charge in [0.05, 0.1) is 0 Å². The van der Waals surface area contributed by atoms with Crippen molar-refractivity contribution < 1.29 is 4.79 Å². The van der Waals surface area contributed by atoms with Gasteiger partial charge in [0.1, 0.15) is 0 Å². The SMILES string of the molecule is CCCC(CN)C(N)=O. The Morgan fingerprint density at radius 1 is 1.67 bits per heavy atom. The van der Waals surface area contributed by atoms with E-state index in [1.165, 1.54) is 0 Å².